The lowest BCUT2D eigenvalue weighted by Gasteiger charge is -2.14. The molecular formula is C119H72N6. The van der Waals surface area contributed by atoms with Crippen LogP contribution in [0.3, 0.4) is 0 Å². The predicted molar refractivity (Wildman–Crippen MR) is 530 cm³/mol. The van der Waals surface area contributed by atoms with Crippen molar-refractivity contribution >= 4 is 201 Å². The van der Waals surface area contributed by atoms with Crippen molar-refractivity contribution in [1.29, 1.82) is 0 Å². The van der Waals surface area contributed by atoms with Crippen LogP contribution in [0.15, 0.2) is 437 Å². The summed E-state index contributed by atoms with van der Waals surface area (Å²) in [6.45, 7) is 0. The van der Waals surface area contributed by atoms with Crippen LogP contribution in [0.4, 0.5) is 0 Å². The minimum atomic E-state index is 1.00. The lowest BCUT2D eigenvalue weighted by atomic mass is 9.92. The van der Waals surface area contributed by atoms with Crippen LogP contribution in [-0.4, -0.2) is 28.2 Å². The van der Waals surface area contributed by atoms with Gasteiger partial charge in [0.15, 0.2) is 0 Å². The number of imidazole rings is 3. The van der Waals surface area contributed by atoms with Crippen LogP contribution in [0.25, 0.3) is 257 Å². The van der Waals surface area contributed by atoms with Gasteiger partial charge in [0.2, 0.25) is 0 Å². The first-order valence-electron chi connectivity index (χ1n) is 42.9. The smallest absolute Gasteiger partial charge is 0.146 e. The lowest BCUT2D eigenvalue weighted by molar-refractivity contribution is 1.32. The Bertz CT molecular complexity index is 9440. The molecule has 0 aliphatic carbocycles. The van der Waals surface area contributed by atoms with Gasteiger partial charge in [-0.15, -0.1) is 0 Å². The number of fused-ring (bicyclic) bond motifs is 34. The van der Waals surface area contributed by atoms with Gasteiger partial charge in [0.1, 0.15) is 16.9 Å². The summed E-state index contributed by atoms with van der Waals surface area (Å²) < 4.78 is 7.00. The lowest BCUT2D eigenvalue weighted by Crippen LogP contribution is -1.93. The maximum Gasteiger partial charge on any atom is 0.146 e. The fourth-order valence-electron chi connectivity index (χ4n) is 20.4. The highest BCUT2D eigenvalue weighted by atomic mass is 15.0. The summed E-state index contributed by atoms with van der Waals surface area (Å²) in [7, 11) is 0. The Balaban J connectivity index is 0.000000100. The second-order valence-electron chi connectivity index (χ2n) is 33.3. The normalized spacial score (nSPS) is 12.0. The van der Waals surface area contributed by atoms with Crippen LogP contribution in [0.2, 0.25) is 0 Å². The summed E-state index contributed by atoms with van der Waals surface area (Å²) in [6.07, 6.45) is 0. The number of hydrogen-bond donors (Lipinski definition) is 0. The van der Waals surface area contributed by atoms with Gasteiger partial charge in [-0.1, -0.05) is 315 Å². The molecule has 28 aromatic rings. The van der Waals surface area contributed by atoms with E-state index in [1.165, 1.54) is 207 Å². The molecule has 0 radical (unpaired) electrons. The molecule has 0 aliphatic rings. The van der Waals surface area contributed by atoms with Gasteiger partial charge in [-0.2, -0.15) is 0 Å². The summed E-state index contributed by atoms with van der Waals surface area (Å²) >= 11 is 0. The molecule has 28 rings (SSSR count). The molecule has 0 aliphatic heterocycles. The maximum absolute atomic E-state index is 5.12. The van der Waals surface area contributed by atoms with E-state index in [-0.39, 0.29) is 0 Å². The Kier molecular flexibility index (Phi) is 15.7. The largest absolute Gasteiger partial charge is 0.292 e. The van der Waals surface area contributed by atoms with E-state index in [1.54, 1.807) is 0 Å². The molecule has 0 amide bonds. The number of hydrogen-bond acceptors (Lipinski definition) is 3. The molecule has 6 nitrogen and oxygen atoms in total. The van der Waals surface area contributed by atoms with Crippen LogP contribution < -0.4 is 0 Å². The highest BCUT2D eigenvalue weighted by Gasteiger charge is 2.22. The predicted octanol–water partition coefficient (Wildman–Crippen LogP) is 31.9. The highest BCUT2D eigenvalue weighted by Crippen LogP contribution is 2.45. The topological polar surface area (TPSA) is 51.9 Å². The molecule has 0 saturated carbocycles. The van der Waals surface area contributed by atoms with Gasteiger partial charge in [-0.25, -0.2) is 15.0 Å². The van der Waals surface area contributed by atoms with E-state index in [4.69, 9.17) is 15.0 Å². The standard InChI is InChI=1S/C43H26N2.C39H24N2.C37H22N2/c1-2-10-30-25-39-37(23-29(30)9-1)38-24-31(21-22-41(38)45-42-16-8-7-15-40(42)44-43(39)45)27-17-19-28(20-18-27)36-26-32-11-3-4-12-33(32)34-13-5-6-14-35(34)36;1-2-10-29-24-35-33(22-28(29)9-1)34-23-30(20-21-37(34)41-38-15-6-5-14-36(38)40-39(35)41)25-16-18-27(19-17-25)32-13-7-11-26-8-3-4-12-31(26)32;1-2-10-24-20-33-31(19-23(24)9-1)32-22-26(17-18-35(32)39-36-16-8-7-15-34(36)38-37(33)39)30-21-25-11-3-4-12-27(25)28-13-5-6-14-29(28)30/h1-26H;1-24H;1-22H. The number of benzene rings is 22. The molecule has 6 aromatic heterocycles. The van der Waals surface area contributed by atoms with Crippen LogP contribution in [-0.2, 0) is 0 Å². The van der Waals surface area contributed by atoms with E-state index >= 15 is 0 Å². The molecule has 0 atom stereocenters. The second kappa shape index (κ2) is 28.0. The van der Waals surface area contributed by atoms with Crippen molar-refractivity contribution in [1.82, 2.24) is 28.2 Å². The van der Waals surface area contributed by atoms with Crippen molar-refractivity contribution in [3.8, 4) is 55.6 Å². The number of rotatable bonds is 5. The molecule has 0 bridgehead atoms. The first-order valence-corrected chi connectivity index (χ1v) is 42.9. The van der Waals surface area contributed by atoms with Gasteiger partial charge >= 0.3 is 0 Å². The maximum atomic E-state index is 5.12. The second-order valence-corrected chi connectivity index (χ2v) is 33.3. The highest BCUT2D eigenvalue weighted by molar-refractivity contribution is 6.23. The van der Waals surface area contributed by atoms with Crippen molar-refractivity contribution in [3.63, 3.8) is 0 Å². The molecule has 22 aromatic carbocycles. The van der Waals surface area contributed by atoms with Crippen molar-refractivity contribution in [2.24, 2.45) is 0 Å². The van der Waals surface area contributed by atoms with Crippen molar-refractivity contribution < 1.29 is 0 Å². The monoisotopic (exact) mass is 1580 g/mol. The molecular weight excluding hydrogens is 1510 g/mol. The zero-order valence-corrected chi connectivity index (χ0v) is 67.8. The molecule has 0 fully saturated rings. The zero-order chi connectivity index (χ0) is 81.9. The number of para-hydroxylation sites is 6. The van der Waals surface area contributed by atoms with Crippen LogP contribution in [0, 0.1) is 0 Å². The van der Waals surface area contributed by atoms with Gasteiger partial charge < -0.3 is 0 Å². The molecule has 0 N–H and O–H groups in total. The van der Waals surface area contributed by atoms with Crippen molar-refractivity contribution in [2.45, 2.75) is 0 Å². The average molecular weight is 1590 g/mol. The third-order valence-corrected chi connectivity index (χ3v) is 26.3. The molecule has 6 heteroatoms. The van der Waals surface area contributed by atoms with E-state index in [1.807, 2.05) is 0 Å². The third-order valence-electron chi connectivity index (χ3n) is 26.3. The van der Waals surface area contributed by atoms with Gasteiger partial charge in [0.05, 0.1) is 49.7 Å². The summed E-state index contributed by atoms with van der Waals surface area (Å²) in [5.41, 5.74) is 25.3. The summed E-state index contributed by atoms with van der Waals surface area (Å²) in [4.78, 5) is 15.3. The van der Waals surface area contributed by atoms with E-state index in [0.29, 0.717) is 0 Å². The first kappa shape index (κ1) is 70.2. The Morgan fingerprint density at radius 3 is 0.800 bits per heavy atom. The number of pyridine rings is 3. The molecule has 0 unspecified atom stereocenters. The van der Waals surface area contributed by atoms with Gasteiger partial charge in [0.25, 0.3) is 0 Å². The number of nitrogens with zero attached hydrogens (tertiary/aromatic N) is 6. The van der Waals surface area contributed by atoms with Crippen molar-refractivity contribution in [3.05, 3.63) is 437 Å². The summed E-state index contributed by atoms with van der Waals surface area (Å²) in [5.74, 6) is 0. The van der Waals surface area contributed by atoms with E-state index in [9.17, 15) is 0 Å². The van der Waals surface area contributed by atoms with Gasteiger partial charge in [-0.3, -0.25) is 13.2 Å². The molecule has 0 saturated heterocycles. The quantitative estimate of drug-likeness (QED) is 0.127. The molecule has 0 spiro atoms. The SMILES string of the molecule is c1ccc2cc3c(cc2c1)c1cc(-c2cc4ccccc4c4ccccc24)ccc1n1c2ccccc2nc31.c1ccc2cc3c(cc2c1)c1cc(-c2ccc(-c4cc5ccccc5c5ccccc45)cc2)ccc1n1c2ccccc2nc31.c1ccc2cc3c(cc2c1)c1cc(-c2ccc(-c4cccc5ccccc45)cc2)ccc1n1c2ccccc2nc31. The fourth-order valence-corrected chi connectivity index (χ4v) is 20.4. The molecule has 125 heavy (non-hydrogen) atoms. The molecule has 578 valence electrons. The fraction of sp³-hybridized carbons (Fsp3) is 0. The van der Waals surface area contributed by atoms with Crippen LogP contribution in [0.5, 0.6) is 0 Å². The van der Waals surface area contributed by atoms with Gasteiger partial charge in [0, 0.05) is 32.3 Å². The third kappa shape index (κ3) is 11.3. The zero-order valence-electron chi connectivity index (χ0n) is 67.8. The minimum absolute atomic E-state index is 1.00. The van der Waals surface area contributed by atoms with Crippen molar-refractivity contribution in [2.75, 3.05) is 0 Å². The Morgan fingerprint density at radius 1 is 0.128 bits per heavy atom. The van der Waals surface area contributed by atoms with Crippen LogP contribution in [0.1, 0.15) is 0 Å². The summed E-state index contributed by atoms with van der Waals surface area (Å²) in [5, 5.41) is 31.1. The van der Waals surface area contributed by atoms with Crippen LogP contribution >= 0.6 is 0 Å². The Hall–Kier alpha value is -16.7. The van der Waals surface area contributed by atoms with E-state index in [2.05, 4.69) is 450 Å². The Morgan fingerprint density at radius 2 is 0.400 bits per heavy atom. The van der Waals surface area contributed by atoms with Gasteiger partial charge in [-0.05, 0) is 279 Å². The van der Waals surface area contributed by atoms with E-state index < -0.39 is 0 Å². The Labute approximate surface area is 716 Å². The van der Waals surface area contributed by atoms with E-state index in [0.717, 1.165) is 50.0 Å². The summed E-state index contributed by atoms with van der Waals surface area (Å²) in [6, 6.07) is 159. The molecule has 6 heterocycles. The minimum Gasteiger partial charge on any atom is -0.292 e. The average Bonchev–Trinajstić information content (AvgIpc) is 1.62. The first-order chi connectivity index (χ1) is 61.9. The number of aromatic nitrogens is 6.